The molecule has 2 amide bonds. The van der Waals surface area contributed by atoms with Crippen LogP contribution in [0, 0.1) is 0 Å². The molecule has 3 aromatic carbocycles. The van der Waals surface area contributed by atoms with E-state index in [1.165, 1.54) is 18.9 Å². The SMILES string of the molecule is COc1cc(/C=C2/SC(=Nc3ccc(Cl)cc3)NC2=O)ccc1OCC(=O)Nc1ccc(Cl)c(Cl)c1. The lowest BCUT2D eigenvalue weighted by Crippen LogP contribution is -2.20. The minimum Gasteiger partial charge on any atom is -0.493 e. The van der Waals surface area contributed by atoms with Crippen LogP contribution in [0.15, 0.2) is 70.6 Å². The molecule has 0 saturated carbocycles. The number of halogens is 3. The van der Waals surface area contributed by atoms with Crippen molar-refractivity contribution in [3.05, 3.63) is 86.2 Å². The van der Waals surface area contributed by atoms with Crippen molar-refractivity contribution in [2.24, 2.45) is 4.99 Å². The molecule has 0 spiro atoms. The largest absolute Gasteiger partial charge is 0.493 e. The Hall–Kier alpha value is -3.17. The van der Waals surface area contributed by atoms with Crippen molar-refractivity contribution in [3.63, 3.8) is 0 Å². The number of anilines is 1. The summed E-state index contributed by atoms with van der Waals surface area (Å²) in [6.07, 6.45) is 1.72. The number of carbonyl (C=O) groups is 2. The van der Waals surface area contributed by atoms with Crippen molar-refractivity contribution in [2.45, 2.75) is 0 Å². The van der Waals surface area contributed by atoms with Gasteiger partial charge in [-0.05, 0) is 78.0 Å². The second kappa shape index (κ2) is 11.7. The highest BCUT2D eigenvalue weighted by molar-refractivity contribution is 8.18. The second-order valence-electron chi connectivity index (χ2n) is 7.33. The lowest BCUT2D eigenvalue weighted by molar-refractivity contribution is -0.118. The summed E-state index contributed by atoms with van der Waals surface area (Å²) in [5.74, 6) is 0.141. The number of benzene rings is 3. The van der Waals surface area contributed by atoms with E-state index in [0.29, 0.717) is 53.6 Å². The highest BCUT2D eigenvalue weighted by Gasteiger charge is 2.24. The molecule has 0 aliphatic carbocycles. The van der Waals surface area contributed by atoms with E-state index in [2.05, 4.69) is 15.6 Å². The number of thioether (sulfide) groups is 1. The number of nitrogens with zero attached hydrogens (tertiary/aromatic N) is 1. The van der Waals surface area contributed by atoms with Gasteiger partial charge >= 0.3 is 0 Å². The van der Waals surface area contributed by atoms with Crippen LogP contribution in [0.4, 0.5) is 11.4 Å². The van der Waals surface area contributed by atoms with Crippen LogP contribution in [-0.2, 0) is 9.59 Å². The molecule has 1 saturated heterocycles. The molecule has 36 heavy (non-hydrogen) atoms. The van der Waals surface area contributed by atoms with Gasteiger partial charge in [0.25, 0.3) is 11.8 Å². The van der Waals surface area contributed by atoms with Crippen LogP contribution in [0.25, 0.3) is 6.08 Å². The zero-order valence-electron chi connectivity index (χ0n) is 18.7. The molecule has 184 valence electrons. The summed E-state index contributed by atoms with van der Waals surface area (Å²) in [7, 11) is 1.49. The Bertz CT molecular complexity index is 1380. The molecule has 0 bridgehead atoms. The van der Waals surface area contributed by atoms with Crippen molar-refractivity contribution in [1.29, 1.82) is 0 Å². The molecule has 0 unspecified atom stereocenters. The summed E-state index contributed by atoms with van der Waals surface area (Å²) in [5, 5.41) is 7.23. The average molecular weight is 563 g/mol. The molecule has 0 aromatic heterocycles. The lowest BCUT2D eigenvalue weighted by atomic mass is 10.2. The van der Waals surface area contributed by atoms with Crippen molar-refractivity contribution in [3.8, 4) is 11.5 Å². The molecule has 0 atom stereocenters. The first-order chi connectivity index (χ1) is 17.3. The predicted octanol–water partition coefficient (Wildman–Crippen LogP) is 6.56. The Morgan fingerprint density at radius 3 is 2.53 bits per heavy atom. The third-order valence-corrected chi connectivity index (χ3v) is 6.66. The summed E-state index contributed by atoms with van der Waals surface area (Å²) >= 11 is 19.0. The summed E-state index contributed by atoms with van der Waals surface area (Å²) in [5.41, 5.74) is 1.89. The molecule has 1 heterocycles. The van der Waals surface area contributed by atoms with Crippen LogP contribution >= 0.6 is 46.6 Å². The minimum atomic E-state index is -0.381. The molecule has 1 aliphatic heterocycles. The molecule has 3 aromatic rings. The van der Waals surface area contributed by atoms with E-state index in [4.69, 9.17) is 44.3 Å². The molecular formula is C25H18Cl3N3O4S. The van der Waals surface area contributed by atoms with E-state index in [9.17, 15) is 9.59 Å². The number of methoxy groups -OCH3 is 1. The van der Waals surface area contributed by atoms with E-state index >= 15 is 0 Å². The van der Waals surface area contributed by atoms with Gasteiger partial charge in [-0.2, -0.15) is 0 Å². The third-order valence-electron chi connectivity index (χ3n) is 4.76. The summed E-state index contributed by atoms with van der Waals surface area (Å²) in [6, 6.07) is 16.9. The van der Waals surface area contributed by atoms with E-state index in [-0.39, 0.29) is 18.4 Å². The van der Waals surface area contributed by atoms with Crippen LogP contribution in [0.3, 0.4) is 0 Å². The Morgan fingerprint density at radius 1 is 1.03 bits per heavy atom. The molecule has 1 aliphatic rings. The summed E-state index contributed by atoms with van der Waals surface area (Å²) in [4.78, 5) is 29.6. The van der Waals surface area contributed by atoms with Gasteiger partial charge in [-0.25, -0.2) is 4.99 Å². The van der Waals surface area contributed by atoms with E-state index < -0.39 is 0 Å². The fourth-order valence-electron chi connectivity index (χ4n) is 3.07. The van der Waals surface area contributed by atoms with Crippen molar-refractivity contribution < 1.29 is 19.1 Å². The Balaban J connectivity index is 1.41. The quantitative estimate of drug-likeness (QED) is 0.318. The fourth-order valence-corrected chi connectivity index (χ4v) is 4.34. The number of hydrogen-bond donors (Lipinski definition) is 2. The van der Waals surface area contributed by atoms with Crippen LogP contribution in [0.5, 0.6) is 11.5 Å². The van der Waals surface area contributed by atoms with Gasteiger partial charge in [0, 0.05) is 10.7 Å². The van der Waals surface area contributed by atoms with E-state index in [0.717, 1.165) is 0 Å². The van der Waals surface area contributed by atoms with Crippen molar-refractivity contribution >= 4 is 81.0 Å². The summed E-state index contributed by atoms with van der Waals surface area (Å²) < 4.78 is 11.0. The first-order valence-corrected chi connectivity index (χ1v) is 12.4. The monoisotopic (exact) mass is 561 g/mol. The zero-order valence-corrected chi connectivity index (χ0v) is 21.8. The minimum absolute atomic E-state index is 0.250. The highest BCUT2D eigenvalue weighted by Crippen LogP contribution is 2.32. The maximum Gasteiger partial charge on any atom is 0.264 e. The smallest absolute Gasteiger partial charge is 0.264 e. The van der Waals surface area contributed by atoms with Gasteiger partial charge in [-0.15, -0.1) is 0 Å². The van der Waals surface area contributed by atoms with E-state index in [1.54, 1.807) is 66.7 Å². The Kier molecular flexibility index (Phi) is 8.43. The van der Waals surface area contributed by atoms with Crippen LogP contribution in [0.2, 0.25) is 15.1 Å². The first kappa shape index (κ1) is 25.9. The van der Waals surface area contributed by atoms with Crippen LogP contribution < -0.4 is 20.1 Å². The van der Waals surface area contributed by atoms with Crippen molar-refractivity contribution in [2.75, 3.05) is 19.0 Å². The topological polar surface area (TPSA) is 89.0 Å². The number of amides is 2. The Labute approximate surface area is 226 Å². The van der Waals surface area contributed by atoms with Gasteiger partial charge in [-0.3, -0.25) is 9.59 Å². The van der Waals surface area contributed by atoms with Crippen LogP contribution in [0.1, 0.15) is 5.56 Å². The van der Waals surface area contributed by atoms with Crippen LogP contribution in [-0.4, -0.2) is 30.7 Å². The predicted molar refractivity (Wildman–Crippen MR) is 146 cm³/mol. The molecule has 0 radical (unpaired) electrons. The van der Waals surface area contributed by atoms with Gasteiger partial charge in [0.05, 0.1) is 27.7 Å². The second-order valence-corrected chi connectivity index (χ2v) is 9.62. The number of aliphatic imine (C=N–C) groups is 1. The van der Waals surface area contributed by atoms with Gasteiger partial charge in [0.15, 0.2) is 23.3 Å². The first-order valence-electron chi connectivity index (χ1n) is 10.4. The van der Waals surface area contributed by atoms with Gasteiger partial charge < -0.3 is 20.1 Å². The molecule has 1 fully saturated rings. The summed E-state index contributed by atoms with van der Waals surface area (Å²) in [6.45, 7) is -0.250. The number of amidine groups is 1. The number of hydrogen-bond acceptors (Lipinski definition) is 6. The number of nitrogens with one attached hydrogen (secondary N) is 2. The lowest BCUT2D eigenvalue weighted by Gasteiger charge is -2.12. The maximum absolute atomic E-state index is 12.4. The van der Waals surface area contributed by atoms with Crippen molar-refractivity contribution in [1.82, 2.24) is 5.32 Å². The van der Waals surface area contributed by atoms with Gasteiger partial charge in [-0.1, -0.05) is 40.9 Å². The molecule has 11 heteroatoms. The van der Waals surface area contributed by atoms with E-state index in [1.807, 2.05) is 0 Å². The number of rotatable bonds is 7. The normalized spacial score (nSPS) is 15.2. The molecular weight excluding hydrogens is 545 g/mol. The molecule has 4 rings (SSSR count). The number of ether oxygens (including phenoxy) is 2. The Morgan fingerprint density at radius 2 is 1.81 bits per heavy atom. The third kappa shape index (κ3) is 6.73. The van der Waals surface area contributed by atoms with Gasteiger partial charge in [0.2, 0.25) is 0 Å². The van der Waals surface area contributed by atoms with Gasteiger partial charge in [0.1, 0.15) is 0 Å². The zero-order chi connectivity index (χ0) is 25.7. The highest BCUT2D eigenvalue weighted by atomic mass is 35.5. The molecule has 2 N–H and O–H groups in total. The molecule has 7 nitrogen and oxygen atoms in total. The maximum atomic E-state index is 12.4. The average Bonchev–Trinajstić information content (AvgIpc) is 3.20. The standard InChI is InChI=1S/C25H18Cl3N3O4S/c1-34-21-10-14(11-22-24(33)31-25(36-22)30-16-5-3-15(26)4-6-16)2-9-20(21)35-13-23(32)29-17-7-8-18(27)19(28)12-17/h2-12H,13H2,1H3,(H,29,32)(H,30,31,33)/b22-11+. The fraction of sp³-hybridized carbons (Fsp3) is 0.0800. The number of carbonyl (C=O) groups excluding carboxylic acids is 2.